The number of carboxylic acid groups (broad SMARTS) is 1. The summed E-state index contributed by atoms with van der Waals surface area (Å²) in [5.74, 6) is -8.42. The predicted octanol–water partition coefficient (Wildman–Crippen LogP) is -19.3. The second-order valence-corrected chi connectivity index (χ2v) is 28.6. The molecule has 0 aromatic heterocycles. The fraction of sp³-hybridized carbons (Fsp3) is 0.937. The number of rotatable bonds is 33. The molecule has 0 unspecified atom stereocenters. The molecule has 0 saturated carbocycles. The van der Waals surface area contributed by atoms with Crippen molar-refractivity contribution >= 4 is 23.7 Å². The minimum Gasteiger partial charge on any atom is -0.477 e. The molecular formula is C63H107N3O47. The molecular weight excluding hydrogens is 1550 g/mol. The van der Waals surface area contributed by atoms with Gasteiger partial charge in [0, 0.05) is 27.2 Å². The van der Waals surface area contributed by atoms with E-state index in [1.54, 1.807) is 0 Å². The van der Waals surface area contributed by atoms with Crippen molar-refractivity contribution in [3.63, 3.8) is 0 Å². The molecule has 0 spiro atoms. The van der Waals surface area contributed by atoms with E-state index in [9.17, 15) is 157 Å². The SMILES string of the molecule is CC(=O)N[C@H]1[C@H](OC[C@H]2O[C@@H](O[C@@H]([C@H](O)[C@@H](O)CO)[C@H](O)CO)[C@H](O)[C@@H](O[C@@H]3O[C@H](CO)[C@@H](O[C@@H]4O[C@H](CO)[C@H](O)[C@H](O)[C@H]4O[C@@H]4O[C@@H](C)[C@@H](O)[C@@H](O)[C@@H]4O)[C@H](O)[C@H]3NC(C)=O)[C@H]2O)O[C@H](CO[C@]2(C(=O)O)C[C@H](O)[C@@H](NC(C)=O)[C@H]([C@H](O)[C@H](O)CO)O2)[C@@H](O[C@@H]2O[C@H](CO)[C@H](O)[C@H](O)[C@H]2O[C@@H]2O[C@@H](C)[C@@H](O)[C@@H](O)[C@@H]2O)[C@@H]1O. The molecule has 0 aromatic carbocycles. The van der Waals surface area contributed by atoms with Crippen molar-refractivity contribution in [1.82, 2.24) is 16.0 Å². The minimum absolute atomic E-state index is 0.869. The summed E-state index contributed by atoms with van der Waals surface area (Å²) in [5, 5.41) is 304. The van der Waals surface area contributed by atoms with Crippen LogP contribution in [0.4, 0.5) is 0 Å². The lowest BCUT2D eigenvalue weighted by Crippen LogP contribution is -2.70. The lowest BCUT2D eigenvalue weighted by atomic mass is 9.88. The highest BCUT2D eigenvalue weighted by Crippen LogP contribution is 2.41. The Bertz CT molecular complexity index is 2990. The summed E-state index contributed by atoms with van der Waals surface area (Å²) < 4.78 is 94.7. The van der Waals surface area contributed by atoms with Gasteiger partial charge in [-0.2, -0.15) is 0 Å². The molecule has 3 amide bonds. The van der Waals surface area contributed by atoms with Crippen LogP contribution in [0.5, 0.6) is 0 Å². The summed E-state index contributed by atoms with van der Waals surface area (Å²) in [4.78, 5) is 52.5. The van der Waals surface area contributed by atoms with Crippen molar-refractivity contribution < 1.29 is 233 Å². The van der Waals surface area contributed by atoms with Crippen molar-refractivity contribution in [3.8, 4) is 0 Å². The highest BCUT2D eigenvalue weighted by molar-refractivity contribution is 5.77. The van der Waals surface area contributed by atoms with Crippen LogP contribution in [0.15, 0.2) is 0 Å². The van der Waals surface area contributed by atoms with E-state index in [1.165, 1.54) is 13.8 Å². The van der Waals surface area contributed by atoms with Crippen LogP contribution < -0.4 is 16.0 Å². The van der Waals surface area contributed by atoms with Crippen molar-refractivity contribution in [2.24, 2.45) is 0 Å². The third kappa shape index (κ3) is 21.3. The highest BCUT2D eigenvalue weighted by Gasteiger charge is 2.62. The van der Waals surface area contributed by atoms with Crippen molar-refractivity contribution in [3.05, 3.63) is 0 Å². The highest BCUT2D eigenvalue weighted by atomic mass is 16.8. The average Bonchev–Trinajstić information content (AvgIpc) is 0.769. The lowest BCUT2D eigenvalue weighted by molar-refractivity contribution is -0.392. The summed E-state index contributed by atoms with van der Waals surface area (Å²) in [6, 6.07) is -5.96. The topological polar surface area (TPSA) is 798 Å². The zero-order valence-corrected chi connectivity index (χ0v) is 61.0. The summed E-state index contributed by atoms with van der Waals surface area (Å²) in [5.41, 5.74) is 0. The van der Waals surface area contributed by atoms with E-state index in [0.29, 0.717) is 0 Å². The molecule has 8 rings (SSSR count). The first-order valence-electron chi connectivity index (χ1n) is 35.9. The Kier molecular flexibility index (Phi) is 34.3. The Hall–Kier alpha value is -3.80. The quantitative estimate of drug-likeness (QED) is 0.0290. The first-order chi connectivity index (χ1) is 53.1. The molecule has 113 heavy (non-hydrogen) atoms. The van der Waals surface area contributed by atoms with Crippen LogP contribution in [0.2, 0.25) is 0 Å². The average molecular weight is 1660 g/mol. The van der Waals surface area contributed by atoms with E-state index < -0.39 is 358 Å². The number of aliphatic hydroxyl groups is 26. The van der Waals surface area contributed by atoms with Crippen molar-refractivity contribution in [2.75, 3.05) is 52.9 Å². The molecule has 656 valence electrons. The van der Waals surface area contributed by atoms with Gasteiger partial charge in [0.1, 0.15) is 201 Å². The number of ether oxygens (including phenoxy) is 16. The molecule has 0 radical (unpaired) electrons. The van der Waals surface area contributed by atoms with E-state index >= 15 is 0 Å². The van der Waals surface area contributed by atoms with E-state index in [-0.39, 0.29) is 0 Å². The molecule has 8 aliphatic heterocycles. The molecule has 50 nitrogen and oxygen atoms in total. The predicted molar refractivity (Wildman–Crippen MR) is 348 cm³/mol. The number of carbonyl (C=O) groups excluding carboxylic acids is 3. The van der Waals surface area contributed by atoms with Crippen LogP contribution in [0.3, 0.4) is 0 Å². The minimum atomic E-state index is -3.28. The van der Waals surface area contributed by atoms with Crippen LogP contribution in [0.1, 0.15) is 41.0 Å². The standard InChI is InChI=1S/C63H107N3O47/c1-15-32(80)41(89)45(93)57(100-15)111-53-43(91)36(84)24(10-70)102-60(53)108-49-26(12-72)104-56(31(40(49)88)66-19(5)75)110-52-38(86)27(105-59(47(52)95)107-48(23(79)9-69)34(82)21(77)7-67)13-98-55-30(65-18(4)74)39(87)50(109-61-54(44(92)37(85)25(11-71)103-61)112-58-46(94)42(90)33(81)16(2)101-58)28(106-55)14-99-63(62(96)97)6-20(76)29(64-17(3)73)51(113-63)35(83)22(78)8-68/h15-16,20-61,67-72,76-95H,6-14H2,1-5H3,(H,64,73)(H,65,74)(H,66,75)(H,96,97)/t15-,16-,20-,21-,22+,23+,24+,25+,26+,27+,28+,29+,30+,31+,32+,33+,34+,35+,36-,37-,38-,39+,40+,41+,42+,43-,44-,45-,46-,47+,48+,49+,50+,51+,52-,53+,54+,55+,56-,57-,58-,59-,60-,61-,63+/m0/s1. The Morgan fingerprint density at radius 3 is 1.27 bits per heavy atom. The van der Waals surface area contributed by atoms with Crippen molar-refractivity contribution in [2.45, 2.75) is 317 Å². The van der Waals surface area contributed by atoms with Crippen LogP contribution in [-0.2, 0) is 95.0 Å². The third-order valence-electron chi connectivity index (χ3n) is 20.5. The van der Waals surface area contributed by atoms with Crippen LogP contribution in [-0.4, -0.2) is 490 Å². The summed E-state index contributed by atoms with van der Waals surface area (Å²) in [6.45, 7) is -4.71. The lowest BCUT2D eigenvalue weighted by Gasteiger charge is -2.51. The molecule has 8 aliphatic rings. The maximum atomic E-state index is 13.6. The first-order valence-corrected chi connectivity index (χ1v) is 35.9. The van der Waals surface area contributed by atoms with Gasteiger partial charge in [-0.05, 0) is 13.8 Å². The van der Waals surface area contributed by atoms with E-state index in [2.05, 4.69) is 16.0 Å². The first kappa shape index (κ1) is 94.7. The third-order valence-corrected chi connectivity index (χ3v) is 20.5. The number of carbonyl (C=O) groups is 4. The molecule has 8 saturated heterocycles. The summed E-state index contributed by atoms with van der Waals surface area (Å²) >= 11 is 0. The molecule has 8 fully saturated rings. The Morgan fingerprint density at radius 2 is 0.814 bits per heavy atom. The molecule has 8 heterocycles. The number of amides is 3. The van der Waals surface area contributed by atoms with E-state index in [1.807, 2.05) is 0 Å². The van der Waals surface area contributed by atoms with Gasteiger partial charge in [0.05, 0.1) is 77.2 Å². The second-order valence-electron chi connectivity index (χ2n) is 28.6. The maximum Gasteiger partial charge on any atom is 0.364 e. The van der Waals surface area contributed by atoms with E-state index in [4.69, 9.17) is 75.8 Å². The van der Waals surface area contributed by atoms with Gasteiger partial charge in [-0.3, -0.25) is 14.4 Å². The maximum absolute atomic E-state index is 13.6. The number of hydrogen-bond acceptors (Lipinski definition) is 46. The smallest absolute Gasteiger partial charge is 0.364 e. The van der Waals surface area contributed by atoms with Gasteiger partial charge in [-0.1, -0.05) is 0 Å². The molecule has 0 bridgehead atoms. The van der Waals surface area contributed by atoms with Crippen LogP contribution in [0, 0.1) is 0 Å². The van der Waals surface area contributed by atoms with Gasteiger partial charge in [0.25, 0.3) is 5.79 Å². The van der Waals surface area contributed by atoms with Gasteiger partial charge in [0.2, 0.25) is 17.7 Å². The second kappa shape index (κ2) is 41.0. The van der Waals surface area contributed by atoms with Gasteiger partial charge in [-0.15, -0.1) is 0 Å². The number of hydrogen-bond donors (Lipinski definition) is 30. The number of carboxylic acids is 1. The van der Waals surface area contributed by atoms with Gasteiger partial charge < -0.3 is 230 Å². The monoisotopic (exact) mass is 1660 g/mol. The van der Waals surface area contributed by atoms with Crippen LogP contribution in [0.25, 0.3) is 0 Å². The van der Waals surface area contributed by atoms with Gasteiger partial charge >= 0.3 is 5.97 Å². The Labute approximate surface area is 640 Å². The normalized spacial score (nSPS) is 46.3. The molecule has 50 heteroatoms. The largest absolute Gasteiger partial charge is 0.477 e. The number of aliphatic carboxylic acids is 1. The summed E-state index contributed by atoms with van der Waals surface area (Å²) in [7, 11) is 0. The molecule has 45 atom stereocenters. The Balaban J connectivity index is 1.17. The fourth-order valence-electron chi connectivity index (χ4n) is 14.1. The molecule has 0 aliphatic carbocycles. The summed E-state index contributed by atoms with van der Waals surface area (Å²) in [6.07, 6.45) is -88.6. The van der Waals surface area contributed by atoms with Crippen LogP contribution >= 0.6 is 0 Å². The fourth-order valence-corrected chi connectivity index (χ4v) is 14.1. The Morgan fingerprint density at radius 1 is 0.398 bits per heavy atom. The molecule has 30 N–H and O–H groups in total. The number of nitrogens with one attached hydrogen (secondary N) is 3. The zero-order valence-electron chi connectivity index (χ0n) is 61.0. The van der Waals surface area contributed by atoms with Gasteiger partial charge in [-0.25, -0.2) is 4.79 Å². The zero-order chi connectivity index (χ0) is 84.0. The van der Waals surface area contributed by atoms with Gasteiger partial charge in [0.15, 0.2) is 44.0 Å². The number of aliphatic hydroxyl groups excluding tert-OH is 26. The van der Waals surface area contributed by atoms with E-state index in [0.717, 1.165) is 20.8 Å². The molecule has 0 aromatic rings. The van der Waals surface area contributed by atoms with Crippen molar-refractivity contribution in [1.29, 1.82) is 0 Å².